The number of nitrogens with zero attached hydrogens (tertiary/aromatic N) is 2. The Bertz CT molecular complexity index is 453. The first-order valence-electron chi connectivity index (χ1n) is 7.58. The molecule has 1 aromatic heterocycles. The van der Waals surface area contributed by atoms with Crippen molar-refractivity contribution in [2.24, 2.45) is 0 Å². The van der Waals surface area contributed by atoms with Gasteiger partial charge in [-0.15, -0.1) is 0 Å². The second-order valence-electron chi connectivity index (χ2n) is 5.10. The van der Waals surface area contributed by atoms with E-state index in [0.717, 1.165) is 25.5 Å². The molecule has 3 heteroatoms. The minimum absolute atomic E-state index is 0.748. The number of hydrogen-bond acceptors (Lipinski definition) is 3. The van der Waals surface area contributed by atoms with E-state index in [1.807, 2.05) is 0 Å². The minimum Gasteiger partial charge on any atom is -0.432 e. The van der Waals surface area contributed by atoms with Crippen LogP contribution in [0.5, 0.6) is 0 Å². The second kappa shape index (κ2) is 8.41. The number of anilines is 1. The fraction of sp³-hybridized carbons (Fsp3) is 0.471. The molecule has 0 bridgehead atoms. The molecule has 0 fully saturated rings. The summed E-state index contributed by atoms with van der Waals surface area (Å²) >= 11 is 0. The van der Waals surface area contributed by atoms with E-state index in [1.165, 1.54) is 31.2 Å². The average Bonchev–Trinajstić information content (AvgIpc) is 3.02. The summed E-state index contributed by atoms with van der Waals surface area (Å²) in [6.07, 6.45) is 9.44. The van der Waals surface area contributed by atoms with Crippen LogP contribution in [0.2, 0.25) is 0 Å². The second-order valence-corrected chi connectivity index (χ2v) is 5.10. The van der Waals surface area contributed by atoms with Gasteiger partial charge in [-0.25, -0.2) is 4.98 Å². The lowest BCUT2D eigenvalue weighted by Crippen LogP contribution is -2.27. The summed E-state index contributed by atoms with van der Waals surface area (Å²) < 4.78 is 5.46. The largest absolute Gasteiger partial charge is 0.432 e. The number of aromatic nitrogens is 1. The van der Waals surface area contributed by atoms with Crippen molar-refractivity contribution in [2.75, 3.05) is 18.0 Å². The van der Waals surface area contributed by atoms with Crippen LogP contribution in [0, 0.1) is 0 Å². The van der Waals surface area contributed by atoms with Gasteiger partial charge in [0.1, 0.15) is 6.26 Å². The van der Waals surface area contributed by atoms with Crippen molar-refractivity contribution in [2.45, 2.75) is 39.0 Å². The van der Waals surface area contributed by atoms with Crippen LogP contribution in [-0.2, 0) is 6.42 Å². The Morgan fingerprint density at radius 2 is 1.90 bits per heavy atom. The first kappa shape index (κ1) is 14.6. The van der Waals surface area contributed by atoms with E-state index in [4.69, 9.17) is 4.42 Å². The zero-order valence-corrected chi connectivity index (χ0v) is 12.3. The van der Waals surface area contributed by atoms with Gasteiger partial charge >= 0.3 is 0 Å². The summed E-state index contributed by atoms with van der Waals surface area (Å²) in [7, 11) is 0. The normalized spacial score (nSPS) is 10.7. The van der Waals surface area contributed by atoms with Gasteiger partial charge in [0.15, 0.2) is 0 Å². The van der Waals surface area contributed by atoms with Crippen molar-refractivity contribution in [3.63, 3.8) is 0 Å². The number of oxazole rings is 1. The number of rotatable bonds is 9. The van der Waals surface area contributed by atoms with Crippen LogP contribution in [0.25, 0.3) is 0 Å². The standard InChI is InChI=1S/C17H24N2O/c1-2-3-4-8-13-19(17-18-12-15-20-17)14-11-16-9-6-5-7-10-16/h5-7,9-10,12,15H,2-4,8,11,13-14H2,1H3. The first-order valence-corrected chi connectivity index (χ1v) is 7.58. The smallest absolute Gasteiger partial charge is 0.297 e. The monoisotopic (exact) mass is 272 g/mol. The zero-order valence-electron chi connectivity index (χ0n) is 12.3. The van der Waals surface area contributed by atoms with Crippen molar-refractivity contribution in [3.8, 4) is 0 Å². The first-order chi connectivity index (χ1) is 9.90. The van der Waals surface area contributed by atoms with Gasteiger partial charge in [-0.3, -0.25) is 0 Å². The molecule has 0 N–H and O–H groups in total. The molecule has 0 saturated carbocycles. The third kappa shape index (κ3) is 4.72. The van der Waals surface area contributed by atoms with Gasteiger partial charge in [0.05, 0.1) is 6.20 Å². The number of hydrogen-bond donors (Lipinski definition) is 0. The van der Waals surface area contributed by atoms with Crippen molar-refractivity contribution in [1.29, 1.82) is 0 Å². The molecule has 0 amide bonds. The molecule has 20 heavy (non-hydrogen) atoms. The third-order valence-corrected chi connectivity index (χ3v) is 3.48. The average molecular weight is 272 g/mol. The molecule has 1 heterocycles. The van der Waals surface area contributed by atoms with E-state index in [-0.39, 0.29) is 0 Å². The molecular weight excluding hydrogens is 248 g/mol. The Kier molecular flexibility index (Phi) is 6.15. The summed E-state index contributed by atoms with van der Waals surface area (Å²) in [5.74, 6) is 0. The van der Waals surface area contributed by atoms with Gasteiger partial charge in [0.25, 0.3) is 6.01 Å². The molecule has 0 spiro atoms. The van der Waals surface area contributed by atoms with Crippen molar-refractivity contribution < 1.29 is 4.42 Å². The third-order valence-electron chi connectivity index (χ3n) is 3.48. The predicted molar refractivity (Wildman–Crippen MR) is 83.0 cm³/mol. The van der Waals surface area contributed by atoms with Gasteiger partial charge < -0.3 is 9.32 Å². The van der Waals surface area contributed by atoms with Gasteiger partial charge in [-0.2, -0.15) is 0 Å². The number of benzene rings is 1. The van der Waals surface area contributed by atoms with E-state index in [9.17, 15) is 0 Å². The highest BCUT2D eigenvalue weighted by Gasteiger charge is 2.10. The van der Waals surface area contributed by atoms with Crippen LogP contribution in [0.3, 0.4) is 0 Å². The Balaban J connectivity index is 1.86. The van der Waals surface area contributed by atoms with Gasteiger partial charge in [-0.1, -0.05) is 56.5 Å². The molecular formula is C17H24N2O. The van der Waals surface area contributed by atoms with Gasteiger partial charge in [0, 0.05) is 13.1 Å². The summed E-state index contributed by atoms with van der Waals surface area (Å²) in [6.45, 7) is 4.21. The highest BCUT2D eigenvalue weighted by Crippen LogP contribution is 2.13. The highest BCUT2D eigenvalue weighted by atomic mass is 16.4. The lowest BCUT2D eigenvalue weighted by molar-refractivity contribution is 0.522. The quantitative estimate of drug-likeness (QED) is 0.637. The molecule has 0 saturated heterocycles. The molecule has 3 nitrogen and oxygen atoms in total. The summed E-state index contributed by atoms with van der Waals surface area (Å²) in [5, 5.41) is 0. The Morgan fingerprint density at radius 3 is 2.60 bits per heavy atom. The molecule has 0 radical (unpaired) electrons. The maximum Gasteiger partial charge on any atom is 0.297 e. The molecule has 2 rings (SSSR count). The number of unbranched alkanes of at least 4 members (excludes halogenated alkanes) is 3. The van der Waals surface area contributed by atoms with Crippen LogP contribution in [0.15, 0.2) is 47.2 Å². The lowest BCUT2D eigenvalue weighted by atomic mass is 10.1. The Hall–Kier alpha value is -1.77. The Labute approximate surface area is 121 Å². The topological polar surface area (TPSA) is 29.3 Å². The minimum atomic E-state index is 0.748. The SMILES string of the molecule is CCCCCCN(CCc1ccccc1)c1ncco1. The van der Waals surface area contributed by atoms with Crippen LogP contribution >= 0.6 is 0 Å². The fourth-order valence-electron chi connectivity index (χ4n) is 2.31. The van der Waals surface area contributed by atoms with Crippen LogP contribution in [-0.4, -0.2) is 18.1 Å². The molecule has 108 valence electrons. The lowest BCUT2D eigenvalue weighted by Gasteiger charge is -2.20. The summed E-state index contributed by atoms with van der Waals surface area (Å²) in [4.78, 5) is 6.54. The van der Waals surface area contributed by atoms with Crippen molar-refractivity contribution in [3.05, 3.63) is 48.4 Å². The predicted octanol–water partition coefficient (Wildman–Crippen LogP) is 4.30. The highest BCUT2D eigenvalue weighted by molar-refractivity contribution is 5.26. The van der Waals surface area contributed by atoms with Crippen LogP contribution in [0.4, 0.5) is 6.01 Å². The maximum absolute atomic E-state index is 5.46. The van der Waals surface area contributed by atoms with E-state index >= 15 is 0 Å². The Morgan fingerprint density at radius 1 is 1.05 bits per heavy atom. The van der Waals surface area contributed by atoms with Crippen molar-refractivity contribution >= 4 is 6.01 Å². The molecule has 0 unspecified atom stereocenters. The maximum atomic E-state index is 5.46. The van der Waals surface area contributed by atoms with Gasteiger partial charge in [-0.05, 0) is 18.4 Å². The van der Waals surface area contributed by atoms with E-state index in [1.54, 1.807) is 12.5 Å². The van der Waals surface area contributed by atoms with Gasteiger partial charge in [0.2, 0.25) is 0 Å². The van der Waals surface area contributed by atoms with Crippen molar-refractivity contribution in [1.82, 2.24) is 4.98 Å². The van der Waals surface area contributed by atoms with Crippen LogP contribution in [0.1, 0.15) is 38.2 Å². The molecule has 0 aliphatic rings. The molecule has 2 aromatic rings. The van der Waals surface area contributed by atoms with E-state index < -0.39 is 0 Å². The molecule has 0 aliphatic carbocycles. The molecule has 0 aliphatic heterocycles. The van der Waals surface area contributed by atoms with E-state index in [0.29, 0.717) is 0 Å². The summed E-state index contributed by atoms with van der Waals surface area (Å²) in [6, 6.07) is 11.3. The summed E-state index contributed by atoms with van der Waals surface area (Å²) in [5.41, 5.74) is 1.36. The fourth-order valence-corrected chi connectivity index (χ4v) is 2.31. The molecule has 0 atom stereocenters. The van der Waals surface area contributed by atoms with Crippen LogP contribution < -0.4 is 4.90 Å². The van der Waals surface area contributed by atoms with E-state index in [2.05, 4.69) is 47.1 Å². The molecule has 1 aromatic carbocycles. The zero-order chi connectivity index (χ0) is 14.0.